The fourth-order valence-electron chi connectivity index (χ4n) is 11.6. The molecule has 9 aromatic carbocycles. The molecule has 3 fully saturated rings. The smallest absolute Gasteiger partial charge is 0.338 e. The number of carbonyl (C=O) groups excluding carboxylic acids is 9. The van der Waals surface area contributed by atoms with Crippen molar-refractivity contribution in [1.82, 2.24) is 0 Å². The van der Waals surface area contributed by atoms with Crippen LogP contribution in [-0.4, -0.2) is 158 Å². The first kappa shape index (κ1) is 83.0. The lowest BCUT2D eigenvalue weighted by Gasteiger charge is -2.24. The number of benzene rings is 9. The van der Waals surface area contributed by atoms with Gasteiger partial charge >= 0.3 is 53.7 Å². The van der Waals surface area contributed by atoms with Crippen molar-refractivity contribution in [3.8, 4) is 0 Å². The lowest BCUT2D eigenvalue weighted by atomic mass is 10.1. The van der Waals surface area contributed by atoms with E-state index in [1.807, 2.05) is 74.4 Å². The van der Waals surface area contributed by atoms with Gasteiger partial charge in [-0.15, -0.1) is 0 Å². The van der Waals surface area contributed by atoms with E-state index < -0.39 is 126 Å². The SMILES string of the molecule is COC1O[C@@H](COC(=O)c2ccc(C)cc2)[C@H](OC(=O)c2ccc(C)cc2)[C@H]1OC(=O)c1ccc(C)cc1.Cc1ccc(C(=O)OC[C@@H]2OC(Br)[C@H](OC(=O)c3ccc(C)cc3)[C@H]2OC(=O)c2ccc(C)cc2)cc1.Cc1ccc(C(=O)OC[C@@H]2OC(O)[C@H](OC(=O)c3ccc(C)cc3)[C@H]2OC(=O)c2ccc(C)cc2)cc1. The highest BCUT2D eigenvalue weighted by molar-refractivity contribution is 9.09. The molecule has 3 unspecified atom stereocenters. The van der Waals surface area contributed by atoms with Crippen LogP contribution in [0.2, 0.25) is 0 Å². The molecule has 3 aliphatic rings. The van der Waals surface area contributed by atoms with Gasteiger partial charge in [-0.2, -0.15) is 0 Å². The summed E-state index contributed by atoms with van der Waals surface area (Å²) in [4.78, 5) is 115. The summed E-state index contributed by atoms with van der Waals surface area (Å²) in [6.45, 7) is 16.3. The van der Waals surface area contributed by atoms with Gasteiger partial charge in [-0.1, -0.05) is 175 Å². The highest BCUT2D eigenvalue weighted by Crippen LogP contribution is 2.34. The first-order valence-electron chi connectivity index (χ1n) is 35.9. The fourth-order valence-corrected chi connectivity index (χ4v) is 12.2. The normalized spacial score (nSPS) is 20.7. The number of rotatable bonds is 22. The monoisotopic (exact) mass is 1590 g/mol. The van der Waals surface area contributed by atoms with Crippen LogP contribution < -0.4 is 0 Å². The minimum atomic E-state index is -1.60. The van der Waals surface area contributed by atoms with E-state index in [9.17, 15) is 48.3 Å². The maximum atomic E-state index is 13.0. The van der Waals surface area contributed by atoms with Crippen LogP contribution in [0, 0.1) is 62.3 Å². The number of esters is 9. The average molecular weight is 1590 g/mol. The van der Waals surface area contributed by atoms with Crippen molar-refractivity contribution in [3.63, 3.8) is 0 Å². The zero-order valence-electron chi connectivity index (χ0n) is 63.1. The van der Waals surface area contributed by atoms with Crippen LogP contribution in [0.5, 0.6) is 0 Å². The maximum Gasteiger partial charge on any atom is 0.338 e. The van der Waals surface area contributed by atoms with Crippen LogP contribution in [-0.2, 0) is 61.6 Å². The summed E-state index contributed by atoms with van der Waals surface area (Å²) in [6, 6.07) is 61.6. The van der Waals surface area contributed by atoms with Crippen molar-refractivity contribution in [3.05, 3.63) is 319 Å². The van der Waals surface area contributed by atoms with Gasteiger partial charge in [0.2, 0.25) is 0 Å². The van der Waals surface area contributed by atoms with Crippen LogP contribution in [0.3, 0.4) is 0 Å². The van der Waals surface area contributed by atoms with Gasteiger partial charge in [-0.05, 0) is 172 Å². The van der Waals surface area contributed by atoms with Crippen LogP contribution >= 0.6 is 15.9 Å². The molecule has 12 rings (SSSR count). The Bertz CT molecular complexity index is 4520. The second-order valence-electron chi connectivity index (χ2n) is 27.2. The number of methoxy groups -OCH3 is 1. The molecule has 0 amide bonds. The summed E-state index contributed by atoms with van der Waals surface area (Å²) in [5.41, 5.74) is 11.8. The summed E-state index contributed by atoms with van der Waals surface area (Å²) >= 11 is 3.38. The average Bonchev–Trinajstić information content (AvgIpc) is 1.66. The van der Waals surface area contributed by atoms with Gasteiger partial charge in [0, 0.05) is 7.11 Å². The Labute approximate surface area is 656 Å². The third-order valence-corrected chi connectivity index (χ3v) is 19.0. The molecule has 9 aromatic rings. The standard InChI is InChI=1S/C30H30O8.C29H27BrO7.C29H28O8/c1-18-5-11-21(12-6-18)27(31)35-17-24-25(37-28(32)22-13-7-19(2)8-14-22)26(30(34-4)36-24)38-29(33)23-15-9-20(3)10-16-23;1-17-4-10-20(11-5-17)27(31)34-16-23-24(36-28(32)21-12-6-18(2)7-13-21)25(26(30)35-23)37-29(33)22-14-8-19(3)9-15-22;1-17-4-10-20(11-5-17)26(30)34-16-23-24(36-27(31)21-12-6-18(2)7-13-21)25(29(33)35-23)37-28(32)22-14-8-19(3)9-15-22/h5-16,24-26,30H,17H2,1-4H3;4-15,23-26H,16H2,1-3H3;4-15,23-25,29,33H,16H2,1-3H3/t24-,25-,26+,30?;23-,24-,25+,26?;23-,24-,25+,29?/m000/s1. The minimum absolute atomic E-state index is 0.209. The quantitative estimate of drug-likeness (QED) is 0.0374. The molecule has 1 N–H and O–H groups in total. The second kappa shape index (κ2) is 38.9. The van der Waals surface area contributed by atoms with E-state index in [2.05, 4.69) is 15.9 Å². The van der Waals surface area contributed by atoms with Crippen molar-refractivity contribution < 1.29 is 110 Å². The topological polar surface area (TPSA) is 294 Å². The zero-order valence-corrected chi connectivity index (χ0v) is 64.7. The molecular formula is C88H85BrO23. The van der Waals surface area contributed by atoms with Crippen molar-refractivity contribution in [2.45, 2.75) is 135 Å². The Kier molecular flexibility index (Phi) is 28.8. The number of hydrogen-bond acceptors (Lipinski definition) is 23. The number of ether oxygens (including phenoxy) is 13. The van der Waals surface area contributed by atoms with Crippen LogP contribution in [0.1, 0.15) is 143 Å². The Morgan fingerprint density at radius 1 is 0.268 bits per heavy atom. The minimum Gasteiger partial charge on any atom is -0.459 e. The van der Waals surface area contributed by atoms with Crippen molar-refractivity contribution in [2.75, 3.05) is 26.9 Å². The third kappa shape index (κ3) is 22.6. The zero-order chi connectivity index (χ0) is 80.3. The molecule has 0 aliphatic carbocycles. The van der Waals surface area contributed by atoms with Gasteiger partial charge in [-0.25, -0.2) is 43.2 Å². The first-order chi connectivity index (χ1) is 53.7. The van der Waals surface area contributed by atoms with E-state index in [0.29, 0.717) is 38.9 Å². The van der Waals surface area contributed by atoms with E-state index in [1.54, 1.807) is 206 Å². The third-order valence-electron chi connectivity index (χ3n) is 18.2. The van der Waals surface area contributed by atoms with Gasteiger partial charge in [0.05, 0.1) is 50.1 Å². The molecule has 0 bridgehead atoms. The van der Waals surface area contributed by atoms with Gasteiger partial charge in [0.1, 0.15) is 38.1 Å². The molecule has 12 atom stereocenters. The number of aliphatic hydroxyl groups is 1. The summed E-state index contributed by atoms with van der Waals surface area (Å²) in [5, 5.41) is 9.78. The number of carbonyl (C=O) groups is 9. The lowest BCUT2D eigenvalue weighted by Crippen LogP contribution is -2.42. The van der Waals surface area contributed by atoms with Crippen molar-refractivity contribution in [2.24, 2.45) is 0 Å². The fraction of sp³-hybridized carbons (Fsp3) is 0.284. The second-order valence-corrected chi connectivity index (χ2v) is 28.1. The Morgan fingerprint density at radius 3 is 0.705 bits per heavy atom. The number of aryl methyl sites for hydroxylation is 9. The van der Waals surface area contributed by atoms with Crippen molar-refractivity contribution in [1.29, 1.82) is 0 Å². The first-order valence-corrected chi connectivity index (χ1v) is 36.8. The molecular weight excluding hydrogens is 1500 g/mol. The number of halogens is 1. The molecule has 23 nitrogen and oxygen atoms in total. The molecule has 0 spiro atoms. The van der Waals surface area contributed by atoms with Gasteiger partial charge < -0.3 is 66.7 Å². The van der Waals surface area contributed by atoms with Gasteiger partial charge in [0.15, 0.2) is 54.2 Å². The predicted octanol–water partition coefficient (Wildman–Crippen LogP) is 13.9. The largest absolute Gasteiger partial charge is 0.459 e. The van der Waals surface area contributed by atoms with E-state index in [1.165, 1.54) is 7.11 Å². The van der Waals surface area contributed by atoms with Gasteiger partial charge in [-0.3, -0.25) is 0 Å². The Morgan fingerprint density at radius 2 is 0.455 bits per heavy atom. The van der Waals surface area contributed by atoms with Crippen LogP contribution in [0.25, 0.3) is 0 Å². The summed E-state index contributed by atoms with van der Waals surface area (Å²) in [7, 11) is 1.39. The maximum absolute atomic E-state index is 13.0. The molecule has 0 aromatic heterocycles. The summed E-state index contributed by atoms with van der Waals surface area (Å²) in [5.74, 6) is -5.61. The summed E-state index contributed by atoms with van der Waals surface area (Å²) in [6.07, 6.45) is -12.3. The van der Waals surface area contributed by atoms with Gasteiger partial charge in [0.25, 0.3) is 0 Å². The molecule has 0 radical (unpaired) electrons. The lowest BCUT2D eigenvalue weighted by molar-refractivity contribution is -0.155. The highest BCUT2D eigenvalue weighted by atomic mass is 79.9. The highest BCUT2D eigenvalue weighted by Gasteiger charge is 2.53. The van der Waals surface area contributed by atoms with E-state index in [0.717, 1.165) is 50.1 Å². The number of hydrogen-bond donors (Lipinski definition) is 1. The van der Waals surface area contributed by atoms with E-state index >= 15 is 0 Å². The molecule has 0 saturated carbocycles. The number of alkyl halides is 1. The Hall–Kier alpha value is -11.5. The number of aliphatic hydroxyl groups excluding tert-OH is 1. The predicted molar refractivity (Wildman–Crippen MR) is 411 cm³/mol. The van der Waals surface area contributed by atoms with E-state index in [-0.39, 0.29) is 30.9 Å². The molecule has 24 heteroatoms. The van der Waals surface area contributed by atoms with Crippen molar-refractivity contribution >= 4 is 69.7 Å². The van der Waals surface area contributed by atoms with E-state index in [4.69, 9.17) is 61.6 Å². The summed E-state index contributed by atoms with van der Waals surface area (Å²) < 4.78 is 73.3. The Balaban J connectivity index is 0.000000178. The molecule has 3 aliphatic heterocycles. The molecule has 3 heterocycles. The van der Waals surface area contributed by atoms with Crippen LogP contribution in [0.15, 0.2) is 218 Å². The van der Waals surface area contributed by atoms with Crippen LogP contribution in [0.4, 0.5) is 0 Å². The molecule has 3 saturated heterocycles. The molecule has 112 heavy (non-hydrogen) atoms. The molecule has 582 valence electrons.